The Balaban J connectivity index is 2.57. The molecule has 0 unspecified atom stereocenters. The molecule has 1 saturated carbocycles. The van der Waals surface area contributed by atoms with Gasteiger partial charge in [0.05, 0.1) is 5.92 Å². The fourth-order valence-electron chi connectivity index (χ4n) is 1.71. The first-order valence-electron chi connectivity index (χ1n) is 3.85. The van der Waals surface area contributed by atoms with Crippen molar-refractivity contribution in [2.75, 3.05) is 0 Å². The van der Waals surface area contributed by atoms with E-state index in [1.165, 1.54) is 0 Å². The fraction of sp³-hybridized carbons (Fsp3) is 0.875. The summed E-state index contributed by atoms with van der Waals surface area (Å²) in [6.45, 7) is 4.17. The standard InChI is InChI=1S/C8H14O2/c1-5-3-4-7(6(5)2)8(9)10/h5-7H,3-4H2,1-2H3,(H,9,10)/t5-,6+,7+/m1/s1. The molecule has 0 aromatic carbocycles. The van der Waals surface area contributed by atoms with Gasteiger partial charge in [0.1, 0.15) is 0 Å². The number of hydrogen-bond acceptors (Lipinski definition) is 1. The Labute approximate surface area is 61.2 Å². The molecule has 0 aromatic heterocycles. The maximum atomic E-state index is 10.6. The monoisotopic (exact) mass is 142 g/mol. The summed E-state index contributed by atoms with van der Waals surface area (Å²) in [6.07, 6.45) is 1.95. The molecule has 3 atom stereocenters. The second kappa shape index (κ2) is 2.60. The Kier molecular flexibility index (Phi) is 1.97. The van der Waals surface area contributed by atoms with Crippen LogP contribution in [0.15, 0.2) is 0 Å². The average molecular weight is 142 g/mol. The molecule has 1 aliphatic carbocycles. The van der Waals surface area contributed by atoms with Crippen molar-refractivity contribution in [3.63, 3.8) is 0 Å². The number of carboxylic acids is 1. The van der Waals surface area contributed by atoms with Crippen LogP contribution in [0, 0.1) is 17.8 Å². The smallest absolute Gasteiger partial charge is 0.306 e. The molecule has 0 aromatic rings. The largest absolute Gasteiger partial charge is 0.481 e. The van der Waals surface area contributed by atoms with Crippen LogP contribution in [0.2, 0.25) is 0 Å². The molecular weight excluding hydrogens is 128 g/mol. The van der Waals surface area contributed by atoms with Crippen molar-refractivity contribution in [2.45, 2.75) is 26.7 Å². The summed E-state index contributed by atoms with van der Waals surface area (Å²) < 4.78 is 0. The highest BCUT2D eigenvalue weighted by molar-refractivity contribution is 5.70. The number of aliphatic carboxylic acids is 1. The van der Waals surface area contributed by atoms with Crippen molar-refractivity contribution in [3.05, 3.63) is 0 Å². The van der Waals surface area contributed by atoms with Crippen LogP contribution in [0.1, 0.15) is 26.7 Å². The van der Waals surface area contributed by atoms with Crippen molar-refractivity contribution in [1.82, 2.24) is 0 Å². The quantitative estimate of drug-likeness (QED) is 0.605. The Bertz CT molecular complexity index is 142. The molecule has 0 radical (unpaired) electrons. The lowest BCUT2D eigenvalue weighted by Gasteiger charge is -2.12. The van der Waals surface area contributed by atoms with E-state index in [1.54, 1.807) is 0 Å². The zero-order valence-electron chi connectivity index (χ0n) is 6.50. The summed E-state index contributed by atoms with van der Waals surface area (Å²) in [5, 5.41) is 8.70. The molecule has 1 fully saturated rings. The summed E-state index contributed by atoms with van der Waals surface area (Å²) in [5.74, 6) is 0.283. The van der Waals surface area contributed by atoms with Crippen molar-refractivity contribution in [2.24, 2.45) is 17.8 Å². The zero-order chi connectivity index (χ0) is 7.72. The molecular formula is C8H14O2. The van der Waals surface area contributed by atoms with Gasteiger partial charge in [0.25, 0.3) is 0 Å². The Morgan fingerprint density at radius 2 is 2.00 bits per heavy atom. The summed E-state index contributed by atoms with van der Waals surface area (Å²) >= 11 is 0. The van der Waals surface area contributed by atoms with E-state index < -0.39 is 5.97 Å². The van der Waals surface area contributed by atoms with Crippen molar-refractivity contribution < 1.29 is 9.90 Å². The molecule has 1 rings (SSSR count). The van der Waals surface area contributed by atoms with Crippen molar-refractivity contribution in [1.29, 1.82) is 0 Å². The second-order valence-corrected chi connectivity index (χ2v) is 3.36. The van der Waals surface area contributed by atoms with Gasteiger partial charge in [0, 0.05) is 0 Å². The van der Waals surface area contributed by atoms with Crippen molar-refractivity contribution >= 4 is 5.97 Å². The predicted octanol–water partition coefficient (Wildman–Crippen LogP) is 1.75. The first-order chi connectivity index (χ1) is 4.63. The van der Waals surface area contributed by atoms with Crippen LogP contribution in [0.3, 0.4) is 0 Å². The van der Waals surface area contributed by atoms with Gasteiger partial charge in [-0.1, -0.05) is 13.8 Å². The van der Waals surface area contributed by atoms with Gasteiger partial charge in [-0.25, -0.2) is 0 Å². The highest BCUT2D eigenvalue weighted by Crippen LogP contribution is 2.36. The minimum absolute atomic E-state index is 0.0741. The SMILES string of the molecule is C[C@H]1[C@H](C)CC[C@@H]1C(=O)O. The summed E-state index contributed by atoms with van der Waals surface area (Å²) in [7, 11) is 0. The molecule has 0 aliphatic heterocycles. The highest BCUT2D eigenvalue weighted by atomic mass is 16.4. The van der Waals surface area contributed by atoms with E-state index in [-0.39, 0.29) is 5.92 Å². The van der Waals surface area contributed by atoms with E-state index in [4.69, 9.17) is 5.11 Å². The van der Waals surface area contributed by atoms with Crippen molar-refractivity contribution in [3.8, 4) is 0 Å². The normalized spacial score (nSPS) is 40.0. The molecule has 0 amide bonds. The molecule has 2 nitrogen and oxygen atoms in total. The maximum absolute atomic E-state index is 10.6. The van der Waals surface area contributed by atoms with Crippen LogP contribution in [-0.4, -0.2) is 11.1 Å². The third-order valence-electron chi connectivity index (χ3n) is 2.78. The number of hydrogen-bond donors (Lipinski definition) is 1. The predicted molar refractivity (Wildman–Crippen MR) is 38.7 cm³/mol. The first-order valence-corrected chi connectivity index (χ1v) is 3.85. The number of rotatable bonds is 1. The zero-order valence-corrected chi connectivity index (χ0v) is 6.50. The van der Waals surface area contributed by atoms with Gasteiger partial charge in [-0.05, 0) is 24.7 Å². The Morgan fingerprint density at radius 3 is 2.20 bits per heavy atom. The minimum atomic E-state index is -0.614. The van der Waals surface area contributed by atoms with Crippen LogP contribution in [0.25, 0.3) is 0 Å². The lowest BCUT2D eigenvalue weighted by molar-refractivity contribution is -0.142. The second-order valence-electron chi connectivity index (χ2n) is 3.36. The van der Waals surface area contributed by atoms with E-state index in [9.17, 15) is 4.79 Å². The third kappa shape index (κ3) is 1.15. The van der Waals surface area contributed by atoms with Crippen LogP contribution in [0.4, 0.5) is 0 Å². The fourth-order valence-corrected chi connectivity index (χ4v) is 1.71. The molecule has 0 spiro atoms. The van der Waals surface area contributed by atoms with E-state index in [0.717, 1.165) is 12.8 Å². The van der Waals surface area contributed by atoms with E-state index in [1.807, 2.05) is 6.92 Å². The molecule has 2 heteroatoms. The van der Waals surface area contributed by atoms with Gasteiger partial charge < -0.3 is 5.11 Å². The van der Waals surface area contributed by atoms with Crippen LogP contribution in [0.5, 0.6) is 0 Å². The minimum Gasteiger partial charge on any atom is -0.481 e. The van der Waals surface area contributed by atoms with Crippen LogP contribution < -0.4 is 0 Å². The summed E-state index contributed by atoms with van der Waals surface area (Å²) in [6, 6.07) is 0. The van der Waals surface area contributed by atoms with Gasteiger partial charge in [0.2, 0.25) is 0 Å². The molecule has 0 heterocycles. The van der Waals surface area contributed by atoms with E-state index in [0.29, 0.717) is 11.8 Å². The summed E-state index contributed by atoms with van der Waals surface area (Å²) in [4.78, 5) is 10.6. The van der Waals surface area contributed by atoms with Gasteiger partial charge in [0.15, 0.2) is 0 Å². The molecule has 58 valence electrons. The molecule has 1 N–H and O–H groups in total. The van der Waals surface area contributed by atoms with E-state index in [2.05, 4.69) is 6.92 Å². The molecule has 0 bridgehead atoms. The van der Waals surface area contributed by atoms with Gasteiger partial charge in [-0.3, -0.25) is 4.79 Å². The average Bonchev–Trinajstić information content (AvgIpc) is 2.14. The Hall–Kier alpha value is -0.530. The van der Waals surface area contributed by atoms with Crippen LogP contribution >= 0.6 is 0 Å². The lowest BCUT2D eigenvalue weighted by atomic mass is 9.93. The summed E-state index contributed by atoms with van der Waals surface area (Å²) in [5.41, 5.74) is 0. The number of carbonyl (C=O) groups is 1. The molecule has 10 heavy (non-hydrogen) atoms. The maximum Gasteiger partial charge on any atom is 0.306 e. The first kappa shape index (κ1) is 7.58. The van der Waals surface area contributed by atoms with Gasteiger partial charge in [-0.2, -0.15) is 0 Å². The van der Waals surface area contributed by atoms with Gasteiger partial charge >= 0.3 is 5.97 Å². The van der Waals surface area contributed by atoms with Gasteiger partial charge in [-0.15, -0.1) is 0 Å². The topological polar surface area (TPSA) is 37.3 Å². The Morgan fingerprint density at radius 1 is 1.40 bits per heavy atom. The van der Waals surface area contributed by atoms with Crippen LogP contribution in [-0.2, 0) is 4.79 Å². The lowest BCUT2D eigenvalue weighted by Crippen LogP contribution is -2.18. The number of carboxylic acid groups (broad SMARTS) is 1. The molecule has 1 aliphatic rings. The highest BCUT2D eigenvalue weighted by Gasteiger charge is 2.34. The third-order valence-corrected chi connectivity index (χ3v) is 2.78. The molecule has 0 saturated heterocycles. The van der Waals surface area contributed by atoms with E-state index >= 15 is 0 Å².